The number of hydrogen-bond donors (Lipinski definition) is 1. The molecule has 6 nitrogen and oxygen atoms in total. The molecule has 0 fully saturated rings. The molecule has 1 aromatic rings. The van der Waals surface area contributed by atoms with E-state index in [2.05, 4.69) is 4.74 Å². The Labute approximate surface area is 97.9 Å². The average molecular weight is 247 g/mol. The Hall–Kier alpha value is -1.66. The van der Waals surface area contributed by atoms with Crippen LogP contribution in [0, 0.1) is 10.1 Å². The van der Waals surface area contributed by atoms with E-state index in [-0.39, 0.29) is 18.1 Å². The zero-order valence-electron chi connectivity index (χ0n) is 8.45. The molecule has 0 bridgehead atoms. The molecule has 0 heterocycles. The zero-order chi connectivity index (χ0) is 11.4. The Bertz CT molecular complexity index is 380. The Kier molecular flexibility index (Phi) is 5.41. The molecule has 0 aliphatic carbocycles. The van der Waals surface area contributed by atoms with Crippen LogP contribution in [0.15, 0.2) is 24.3 Å². The molecule has 0 spiro atoms. The third-order valence-corrected chi connectivity index (χ3v) is 1.92. The topological polar surface area (TPSA) is 95.5 Å². The molecule has 0 saturated heterocycles. The van der Waals surface area contributed by atoms with Gasteiger partial charge in [0.1, 0.15) is 6.04 Å². The van der Waals surface area contributed by atoms with Crippen LogP contribution in [-0.2, 0) is 9.53 Å². The third kappa shape index (κ3) is 3.18. The van der Waals surface area contributed by atoms with Crippen LogP contribution in [0.3, 0.4) is 0 Å². The van der Waals surface area contributed by atoms with Gasteiger partial charge < -0.3 is 10.5 Å². The van der Waals surface area contributed by atoms with Crippen molar-refractivity contribution in [3.8, 4) is 0 Å². The van der Waals surface area contributed by atoms with E-state index in [1.165, 1.54) is 31.4 Å². The maximum Gasteiger partial charge on any atom is 0.327 e. The molecule has 1 unspecified atom stereocenters. The summed E-state index contributed by atoms with van der Waals surface area (Å²) in [5, 5.41) is 10.4. The van der Waals surface area contributed by atoms with Crippen molar-refractivity contribution in [1.29, 1.82) is 0 Å². The Morgan fingerprint density at radius 2 is 1.94 bits per heavy atom. The summed E-state index contributed by atoms with van der Waals surface area (Å²) in [5.41, 5.74) is 5.96. The van der Waals surface area contributed by atoms with E-state index >= 15 is 0 Å². The van der Waals surface area contributed by atoms with Crippen LogP contribution >= 0.6 is 12.4 Å². The number of carbonyl (C=O) groups excluding carboxylic acids is 1. The van der Waals surface area contributed by atoms with Gasteiger partial charge in [-0.1, -0.05) is 12.1 Å². The summed E-state index contributed by atoms with van der Waals surface area (Å²) in [6.07, 6.45) is 0. The Morgan fingerprint density at radius 3 is 2.31 bits per heavy atom. The van der Waals surface area contributed by atoms with Crippen LogP contribution in [0.5, 0.6) is 0 Å². The van der Waals surface area contributed by atoms with Crippen LogP contribution in [0.1, 0.15) is 11.6 Å². The van der Waals surface area contributed by atoms with Crippen molar-refractivity contribution in [2.24, 2.45) is 5.73 Å². The summed E-state index contributed by atoms with van der Waals surface area (Å²) in [6.45, 7) is 0. The van der Waals surface area contributed by atoms with Gasteiger partial charge in [-0.25, -0.2) is 0 Å². The van der Waals surface area contributed by atoms with Crippen molar-refractivity contribution in [2.75, 3.05) is 7.11 Å². The van der Waals surface area contributed by atoms with E-state index in [0.29, 0.717) is 5.56 Å². The van der Waals surface area contributed by atoms with Crippen LogP contribution < -0.4 is 5.73 Å². The maximum absolute atomic E-state index is 11.0. The lowest BCUT2D eigenvalue weighted by molar-refractivity contribution is -0.384. The van der Waals surface area contributed by atoms with E-state index in [0.717, 1.165) is 0 Å². The third-order valence-electron chi connectivity index (χ3n) is 1.92. The molecule has 88 valence electrons. The predicted molar refractivity (Wildman–Crippen MR) is 59.3 cm³/mol. The van der Waals surface area contributed by atoms with Gasteiger partial charge in [0, 0.05) is 12.1 Å². The van der Waals surface area contributed by atoms with Gasteiger partial charge in [-0.05, 0) is 5.56 Å². The van der Waals surface area contributed by atoms with Gasteiger partial charge >= 0.3 is 5.97 Å². The molecule has 2 N–H and O–H groups in total. The number of halogens is 1. The number of esters is 1. The highest BCUT2D eigenvalue weighted by Crippen LogP contribution is 2.16. The number of nitro benzene ring substituents is 1. The van der Waals surface area contributed by atoms with Crippen molar-refractivity contribution in [3.63, 3.8) is 0 Å². The van der Waals surface area contributed by atoms with Crippen LogP contribution in [0.25, 0.3) is 0 Å². The predicted octanol–water partition coefficient (Wildman–Crippen LogP) is 1.19. The molecule has 7 heteroatoms. The second kappa shape index (κ2) is 6.04. The average Bonchev–Trinajstić information content (AvgIpc) is 2.27. The first-order chi connectivity index (χ1) is 7.06. The van der Waals surface area contributed by atoms with Gasteiger partial charge in [0.25, 0.3) is 5.69 Å². The number of nitrogens with two attached hydrogens (primary N) is 1. The largest absolute Gasteiger partial charge is 0.468 e. The number of carbonyl (C=O) groups is 1. The first kappa shape index (κ1) is 14.3. The lowest BCUT2D eigenvalue weighted by Crippen LogP contribution is -2.22. The van der Waals surface area contributed by atoms with Gasteiger partial charge in [-0.3, -0.25) is 14.9 Å². The highest BCUT2D eigenvalue weighted by atomic mass is 35.5. The van der Waals surface area contributed by atoms with E-state index in [1.807, 2.05) is 0 Å². The molecule has 0 aromatic heterocycles. The number of methoxy groups -OCH3 is 1. The van der Waals surface area contributed by atoms with Gasteiger partial charge in [0.15, 0.2) is 0 Å². The van der Waals surface area contributed by atoms with E-state index in [4.69, 9.17) is 5.73 Å². The summed E-state index contributed by atoms with van der Waals surface area (Å²) in [6, 6.07) is 4.53. The standard InChI is InChI=1S/C9H10N2O4.ClH/c1-15-9(12)8(10)6-2-4-7(5-3-6)11(13)14;/h2-5,8H,10H2,1H3;1H. The molecule has 16 heavy (non-hydrogen) atoms. The van der Waals surface area contributed by atoms with Crippen molar-refractivity contribution in [2.45, 2.75) is 6.04 Å². The summed E-state index contributed by atoms with van der Waals surface area (Å²) in [5.74, 6) is -0.580. The molecule has 0 amide bonds. The van der Waals surface area contributed by atoms with E-state index in [9.17, 15) is 14.9 Å². The number of ether oxygens (including phenoxy) is 1. The Morgan fingerprint density at radius 1 is 1.44 bits per heavy atom. The van der Waals surface area contributed by atoms with Crippen LogP contribution in [0.2, 0.25) is 0 Å². The number of nitrogens with zero attached hydrogens (tertiary/aromatic N) is 1. The van der Waals surface area contributed by atoms with Gasteiger partial charge in [0.2, 0.25) is 0 Å². The summed E-state index contributed by atoms with van der Waals surface area (Å²) in [4.78, 5) is 20.9. The first-order valence-electron chi connectivity index (χ1n) is 4.14. The summed E-state index contributed by atoms with van der Waals surface area (Å²) in [7, 11) is 1.23. The molecular formula is C9H11ClN2O4. The normalized spacial score (nSPS) is 11.1. The van der Waals surface area contributed by atoms with Gasteiger partial charge in [-0.2, -0.15) is 0 Å². The fraction of sp³-hybridized carbons (Fsp3) is 0.222. The molecule has 1 rings (SSSR count). The van der Waals surface area contributed by atoms with E-state index < -0.39 is 16.9 Å². The van der Waals surface area contributed by atoms with Crippen molar-refractivity contribution in [3.05, 3.63) is 39.9 Å². The molecule has 1 aromatic carbocycles. The number of non-ortho nitro benzene ring substituents is 1. The molecule has 0 aliphatic heterocycles. The van der Waals surface area contributed by atoms with Crippen molar-refractivity contribution >= 4 is 24.1 Å². The number of nitro groups is 1. The molecule has 0 radical (unpaired) electrons. The maximum atomic E-state index is 11.0. The summed E-state index contributed by atoms with van der Waals surface area (Å²) >= 11 is 0. The van der Waals surface area contributed by atoms with Crippen molar-refractivity contribution < 1.29 is 14.5 Å². The highest BCUT2D eigenvalue weighted by Gasteiger charge is 2.16. The number of rotatable bonds is 3. The van der Waals surface area contributed by atoms with Crippen LogP contribution in [0.4, 0.5) is 5.69 Å². The smallest absolute Gasteiger partial charge is 0.327 e. The van der Waals surface area contributed by atoms with Crippen molar-refractivity contribution in [1.82, 2.24) is 0 Å². The highest BCUT2D eigenvalue weighted by molar-refractivity contribution is 5.85. The van der Waals surface area contributed by atoms with E-state index in [1.54, 1.807) is 0 Å². The zero-order valence-corrected chi connectivity index (χ0v) is 9.27. The quantitative estimate of drug-likeness (QED) is 0.491. The second-order valence-electron chi connectivity index (χ2n) is 2.85. The lowest BCUT2D eigenvalue weighted by Gasteiger charge is -2.08. The first-order valence-corrected chi connectivity index (χ1v) is 4.14. The lowest BCUT2D eigenvalue weighted by atomic mass is 10.1. The molecule has 1 atom stereocenters. The minimum Gasteiger partial charge on any atom is -0.468 e. The van der Waals surface area contributed by atoms with Gasteiger partial charge in [-0.15, -0.1) is 12.4 Å². The van der Waals surface area contributed by atoms with Crippen LogP contribution in [-0.4, -0.2) is 18.0 Å². The summed E-state index contributed by atoms with van der Waals surface area (Å²) < 4.78 is 4.45. The number of benzene rings is 1. The number of hydrogen-bond acceptors (Lipinski definition) is 5. The fourth-order valence-corrected chi connectivity index (χ4v) is 1.07. The fourth-order valence-electron chi connectivity index (χ4n) is 1.07. The Balaban J connectivity index is 0.00000225. The molecule has 0 saturated carbocycles. The van der Waals surface area contributed by atoms with Gasteiger partial charge in [0.05, 0.1) is 12.0 Å². The SMILES string of the molecule is COC(=O)C(N)c1ccc([N+](=O)[O-])cc1.Cl. The molecular weight excluding hydrogens is 236 g/mol. The monoisotopic (exact) mass is 246 g/mol. The minimum absolute atomic E-state index is 0. The minimum atomic E-state index is -0.907. The molecule has 0 aliphatic rings. The second-order valence-corrected chi connectivity index (χ2v) is 2.85.